The molecule has 0 aliphatic carbocycles. The lowest BCUT2D eigenvalue weighted by Gasteiger charge is -2.23. The molecule has 1 aliphatic heterocycles. The number of amides is 1. The van der Waals surface area contributed by atoms with Crippen LogP contribution in [0.1, 0.15) is 60.0 Å². The molecular weight excluding hydrogens is 394 g/mol. The lowest BCUT2D eigenvalue weighted by Crippen LogP contribution is -2.30. The van der Waals surface area contributed by atoms with Crippen LogP contribution in [0.4, 0.5) is 5.69 Å². The Morgan fingerprint density at radius 3 is 2.71 bits per heavy atom. The van der Waals surface area contributed by atoms with E-state index >= 15 is 0 Å². The molecule has 3 rings (SSSR count). The van der Waals surface area contributed by atoms with Crippen LogP contribution >= 0.6 is 24.2 Å². The second-order valence-corrected chi connectivity index (χ2v) is 8.92. The maximum Gasteiger partial charge on any atom is 0.278 e. The second-order valence-electron chi connectivity index (χ2n) is 7.35. The summed E-state index contributed by atoms with van der Waals surface area (Å²) in [6.45, 7) is 10.3. The van der Waals surface area contributed by atoms with Crippen LogP contribution in [-0.2, 0) is 5.75 Å². The van der Waals surface area contributed by atoms with Crippen molar-refractivity contribution in [3.05, 3.63) is 40.7 Å². The molecule has 0 radical (unpaired) electrons. The van der Waals surface area contributed by atoms with Gasteiger partial charge < -0.3 is 10.6 Å². The number of nitrogens with one attached hydrogen (secondary N) is 2. The fourth-order valence-electron chi connectivity index (χ4n) is 3.36. The number of carbonyl (C=O) groups is 1. The molecule has 1 saturated heterocycles. The first-order valence-electron chi connectivity index (χ1n) is 9.61. The molecule has 0 unspecified atom stereocenters. The highest BCUT2D eigenvalue weighted by atomic mass is 35.5. The van der Waals surface area contributed by atoms with E-state index in [0.717, 1.165) is 48.6 Å². The number of thioether (sulfide) groups is 1. The van der Waals surface area contributed by atoms with Crippen molar-refractivity contribution in [2.75, 3.05) is 18.4 Å². The topological polar surface area (TPSA) is 71.8 Å². The van der Waals surface area contributed by atoms with Crippen molar-refractivity contribution < 1.29 is 4.79 Å². The zero-order valence-corrected chi connectivity index (χ0v) is 18.6. The first-order valence-corrected chi connectivity index (χ1v) is 10.7. The van der Waals surface area contributed by atoms with Crippen LogP contribution in [0.3, 0.4) is 0 Å². The van der Waals surface area contributed by atoms with E-state index in [1.807, 2.05) is 35.5 Å². The average Bonchev–Trinajstić information content (AvgIpc) is 3.04. The molecule has 0 bridgehead atoms. The molecular formula is C20H30ClN5OS. The van der Waals surface area contributed by atoms with E-state index in [2.05, 4.69) is 47.8 Å². The standard InChI is InChI=1S/C20H29N5OS.ClH/c1-13(2)27-12-16-6-5-7-18(14(16)3)22-20(26)19-15(4)25(24-23-19)17-8-10-21-11-9-17;/h5-7,13,17,21H,8-12H2,1-4H3,(H,22,26);1H. The normalized spacial score (nSPS) is 14.8. The predicted molar refractivity (Wildman–Crippen MR) is 119 cm³/mol. The molecule has 2 aromatic rings. The number of anilines is 1. The lowest BCUT2D eigenvalue weighted by atomic mass is 10.1. The highest BCUT2D eigenvalue weighted by Gasteiger charge is 2.23. The third-order valence-electron chi connectivity index (χ3n) is 5.06. The Bertz CT molecular complexity index is 802. The number of hydrogen-bond acceptors (Lipinski definition) is 5. The average molecular weight is 424 g/mol. The van der Waals surface area contributed by atoms with Crippen LogP contribution in [0.2, 0.25) is 0 Å². The minimum absolute atomic E-state index is 0. The van der Waals surface area contributed by atoms with E-state index in [1.54, 1.807) is 0 Å². The first-order chi connectivity index (χ1) is 13.0. The molecule has 8 heteroatoms. The summed E-state index contributed by atoms with van der Waals surface area (Å²) in [6.07, 6.45) is 2.03. The SMILES string of the molecule is Cc1c(CSC(C)C)cccc1NC(=O)c1nnn(C2CCNCC2)c1C.Cl. The maximum absolute atomic E-state index is 12.8. The summed E-state index contributed by atoms with van der Waals surface area (Å²) in [7, 11) is 0. The van der Waals surface area contributed by atoms with Crippen molar-refractivity contribution >= 4 is 35.8 Å². The molecule has 0 saturated carbocycles. The van der Waals surface area contributed by atoms with Gasteiger partial charge in [-0.05, 0) is 62.2 Å². The van der Waals surface area contributed by atoms with Crippen LogP contribution in [0.25, 0.3) is 0 Å². The maximum atomic E-state index is 12.8. The summed E-state index contributed by atoms with van der Waals surface area (Å²) in [4.78, 5) is 12.8. The van der Waals surface area contributed by atoms with Crippen LogP contribution in [0, 0.1) is 13.8 Å². The van der Waals surface area contributed by atoms with E-state index in [0.29, 0.717) is 17.0 Å². The molecule has 1 aromatic heterocycles. The lowest BCUT2D eigenvalue weighted by molar-refractivity contribution is 0.102. The van der Waals surface area contributed by atoms with Gasteiger partial charge in [0, 0.05) is 11.4 Å². The van der Waals surface area contributed by atoms with Gasteiger partial charge in [-0.15, -0.1) is 17.5 Å². The van der Waals surface area contributed by atoms with E-state index in [-0.39, 0.29) is 18.3 Å². The van der Waals surface area contributed by atoms with Crippen molar-refractivity contribution in [1.29, 1.82) is 0 Å². The van der Waals surface area contributed by atoms with Gasteiger partial charge in [0.25, 0.3) is 5.91 Å². The molecule has 2 heterocycles. The number of benzene rings is 1. The Morgan fingerprint density at radius 2 is 2.04 bits per heavy atom. The Labute approximate surface area is 177 Å². The van der Waals surface area contributed by atoms with E-state index < -0.39 is 0 Å². The number of aromatic nitrogens is 3. The fraction of sp³-hybridized carbons (Fsp3) is 0.550. The van der Waals surface area contributed by atoms with Crippen molar-refractivity contribution in [1.82, 2.24) is 20.3 Å². The fourth-order valence-corrected chi connectivity index (χ4v) is 4.19. The van der Waals surface area contributed by atoms with Gasteiger partial charge in [-0.1, -0.05) is 31.2 Å². The highest BCUT2D eigenvalue weighted by molar-refractivity contribution is 7.99. The summed E-state index contributed by atoms with van der Waals surface area (Å²) in [5.41, 5.74) is 4.46. The number of piperidine rings is 1. The zero-order chi connectivity index (χ0) is 19.4. The van der Waals surface area contributed by atoms with Crippen LogP contribution in [-0.4, -0.2) is 39.2 Å². The van der Waals surface area contributed by atoms with E-state index in [1.165, 1.54) is 5.56 Å². The molecule has 1 aromatic carbocycles. The number of hydrogen-bond donors (Lipinski definition) is 2. The number of nitrogens with zero attached hydrogens (tertiary/aromatic N) is 3. The van der Waals surface area contributed by atoms with Gasteiger partial charge in [-0.2, -0.15) is 11.8 Å². The third kappa shape index (κ3) is 5.27. The quantitative estimate of drug-likeness (QED) is 0.730. The van der Waals surface area contributed by atoms with Crippen molar-refractivity contribution in [2.45, 2.75) is 57.6 Å². The molecule has 0 atom stereocenters. The molecule has 1 fully saturated rings. The Morgan fingerprint density at radius 1 is 1.32 bits per heavy atom. The molecule has 0 spiro atoms. The largest absolute Gasteiger partial charge is 0.320 e. The van der Waals surface area contributed by atoms with Gasteiger partial charge in [-0.3, -0.25) is 4.79 Å². The van der Waals surface area contributed by atoms with Gasteiger partial charge in [0.15, 0.2) is 5.69 Å². The monoisotopic (exact) mass is 423 g/mol. The molecule has 2 N–H and O–H groups in total. The summed E-state index contributed by atoms with van der Waals surface area (Å²) < 4.78 is 1.91. The number of carbonyl (C=O) groups excluding carboxylic acids is 1. The smallest absolute Gasteiger partial charge is 0.278 e. The third-order valence-corrected chi connectivity index (χ3v) is 6.21. The summed E-state index contributed by atoms with van der Waals surface area (Å²) in [5.74, 6) is 0.752. The van der Waals surface area contributed by atoms with Crippen molar-refractivity contribution in [3.63, 3.8) is 0 Å². The summed E-state index contributed by atoms with van der Waals surface area (Å²) in [6, 6.07) is 6.39. The van der Waals surface area contributed by atoms with Gasteiger partial charge in [0.2, 0.25) is 0 Å². The molecule has 1 amide bonds. The van der Waals surface area contributed by atoms with Gasteiger partial charge >= 0.3 is 0 Å². The Hall–Kier alpha value is -1.57. The molecule has 1 aliphatic rings. The summed E-state index contributed by atoms with van der Waals surface area (Å²) in [5, 5.41) is 15.4. The molecule has 6 nitrogen and oxygen atoms in total. The predicted octanol–water partition coefficient (Wildman–Crippen LogP) is 4.14. The summed E-state index contributed by atoms with van der Waals surface area (Å²) >= 11 is 1.90. The number of halogens is 1. The van der Waals surface area contributed by atoms with E-state index in [4.69, 9.17) is 0 Å². The van der Waals surface area contributed by atoms with Crippen LogP contribution in [0.5, 0.6) is 0 Å². The molecule has 28 heavy (non-hydrogen) atoms. The van der Waals surface area contributed by atoms with Crippen LogP contribution in [0.15, 0.2) is 18.2 Å². The van der Waals surface area contributed by atoms with Crippen molar-refractivity contribution in [3.8, 4) is 0 Å². The Kier molecular flexibility index (Phi) is 8.34. The highest BCUT2D eigenvalue weighted by Crippen LogP contribution is 2.26. The second kappa shape index (κ2) is 10.3. The van der Waals surface area contributed by atoms with Gasteiger partial charge in [0.1, 0.15) is 0 Å². The zero-order valence-electron chi connectivity index (χ0n) is 17.0. The Balaban J connectivity index is 0.00000280. The van der Waals surface area contributed by atoms with Crippen LogP contribution < -0.4 is 10.6 Å². The van der Waals surface area contributed by atoms with Crippen molar-refractivity contribution in [2.24, 2.45) is 0 Å². The minimum Gasteiger partial charge on any atom is -0.320 e. The first kappa shape index (κ1) is 22.7. The van der Waals surface area contributed by atoms with Gasteiger partial charge in [-0.25, -0.2) is 4.68 Å². The molecule has 154 valence electrons. The number of rotatable bonds is 6. The van der Waals surface area contributed by atoms with Gasteiger partial charge in [0.05, 0.1) is 11.7 Å². The minimum atomic E-state index is -0.190. The van der Waals surface area contributed by atoms with E-state index in [9.17, 15) is 4.79 Å².